The monoisotopic (exact) mass is 174 g/mol. The molecule has 1 aromatic heterocycles. The maximum absolute atomic E-state index is 9.25. The van der Waals surface area contributed by atoms with Crippen molar-refractivity contribution in [1.82, 2.24) is 9.78 Å². The molecular formula is C10H10N2O. The Hall–Kier alpha value is -1.77. The Labute approximate surface area is 76.3 Å². The summed E-state index contributed by atoms with van der Waals surface area (Å²) >= 11 is 0. The minimum Gasteiger partial charge on any atom is -0.508 e. The van der Waals surface area contributed by atoms with E-state index in [0.29, 0.717) is 0 Å². The quantitative estimate of drug-likeness (QED) is 0.715. The van der Waals surface area contributed by atoms with Crippen molar-refractivity contribution in [2.24, 2.45) is 7.05 Å². The molecule has 66 valence electrons. The molecule has 0 spiro atoms. The van der Waals surface area contributed by atoms with Gasteiger partial charge in [0.25, 0.3) is 0 Å². The fourth-order valence-electron chi connectivity index (χ4n) is 1.26. The normalized spacial score (nSPS) is 10.2. The molecule has 0 amide bonds. The standard InChI is InChI=1S/C10H10N2O/c1-12-7-9(6-11-12)8-3-2-4-10(13)5-8/h2-7,13H,1H3. The third-order valence-corrected chi connectivity index (χ3v) is 1.88. The van der Waals surface area contributed by atoms with Gasteiger partial charge in [-0.05, 0) is 17.7 Å². The maximum Gasteiger partial charge on any atom is 0.116 e. The van der Waals surface area contributed by atoms with Crippen molar-refractivity contribution < 1.29 is 5.11 Å². The van der Waals surface area contributed by atoms with Gasteiger partial charge in [0.05, 0.1) is 6.20 Å². The number of hydrogen-bond acceptors (Lipinski definition) is 2. The summed E-state index contributed by atoms with van der Waals surface area (Å²) in [6.07, 6.45) is 3.68. The van der Waals surface area contributed by atoms with Crippen molar-refractivity contribution in [3.63, 3.8) is 0 Å². The molecule has 0 saturated heterocycles. The second kappa shape index (κ2) is 2.94. The van der Waals surface area contributed by atoms with Crippen molar-refractivity contribution in [1.29, 1.82) is 0 Å². The van der Waals surface area contributed by atoms with Crippen molar-refractivity contribution in [2.45, 2.75) is 0 Å². The first-order valence-corrected chi connectivity index (χ1v) is 4.04. The first-order valence-electron chi connectivity index (χ1n) is 4.04. The molecule has 0 aliphatic heterocycles. The molecule has 0 fully saturated rings. The van der Waals surface area contributed by atoms with E-state index in [-0.39, 0.29) is 5.75 Å². The highest BCUT2D eigenvalue weighted by molar-refractivity contribution is 5.63. The molecule has 0 radical (unpaired) electrons. The minimum atomic E-state index is 0.279. The second-order valence-corrected chi connectivity index (χ2v) is 2.95. The van der Waals surface area contributed by atoms with Crippen LogP contribution in [0.1, 0.15) is 0 Å². The molecule has 0 aliphatic rings. The summed E-state index contributed by atoms with van der Waals surface area (Å²) in [5.41, 5.74) is 1.99. The summed E-state index contributed by atoms with van der Waals surface area (Å²) in [5, 5.41) is 13.3. The Kier molecular flexibility index (Phi) is 1.77. The number of rotatable bonds is 1. The van der Waals surface area contributed by atoms with Gasteiger partial charge in [-0.1, -0.05) is 12.1 Å². The zero-order valence-electron chi connectivity index (χ0n) is 7.31. The summed E-state index contributed by atoms with van der Waals surface area (Å²) in [5.74, 6) is 0.279. The Morgan fingerprint density at radius 2 is 2.15 bits per heavy atom. The molecule has 0 bridgehead atoms. The fourth-order valence-corrected chi connectivity index (χ4v) is 1.26. The van der Waals surface area contributed by atoms with E-state index in [1.54, 1.807) is 23.0 Å². The van der Waals surface area contributed by atoms with Crippen molar-refractivity contribution in [3.8, 4) is 16.9 Å². The number of benzene rings is 1. The summed E-state index contributed by atoms with van der Waals surface area (Å²) < 4.78 is 1.74. The van der Waals surface area contributed by atoms with Crippen LogP contribution in [-0.2, 0) is 7.05 Å². The Balaban J connectivity index is 2.46. The topological polar surface area (TPSA) is 38.0 Å². The highest BCUT2D eigenvalue weighted by atomic mass is 16.3. The highest BCUT2D eigenvalue weighted by Gasteiger charge is 1.99. The molecule has 1 aromatic carbocycles. The lowest BCUT2D eigenvalue weighted by atomic mass is 10.1. The molecule has 0 atom stereocenters. The lowest BCUT2D eigenvalue weighted by Crippen LogP contribution is -1.84. The second-order valence-electron chi connectivity index (χ2n) is 2.95. The number of aromatic hydroxyl groups is 1. The van der Waals surface area contributed by atoms with E-state index in [1.807, 2.05) is 25.4 Å². The summed E-state index contributed by atoms with van der Waals surface area (Å²) in [6, 6.07) is 7.13. The number of aryl methyl sites for hydroxylation is 1. The van der Waals surface area contributed by atoms with E-state index in [4.69, 9.17) is 0 Å². The fraction of sp³-hybridized carbons (Fsp3) is 0.100. The van der Waals surface area contributed by atoms with Crippen LogP contribution in [0, 0.1) is 0 Å². The molecule has 1 heterocycles. The molecule has 3 heteroatoms. The van der Waals surface area contributed by atoms with Crippen LogP contribution in [-0.4, -0.2) is 14.9 Å². The largest absolute Gasteiger partial charge is 0.508 e. The molecule has 0 unspecified atom stereocenters. The van der Waals surface area contributed by atoms with Gasteiger partial charge in [-0.15, -0.1) is 0 Å². The Bertz CT molecular complexity index is 420. The summed E-state index contributed by atoms with van der Waals surface area (Å²) in [6.45, 7) is 0. The van der Waals surface area contributed by atoms with Crippen LogP contribution < -0.4 is 0 Å². The predicted molar refractivity (Wildman–Crippen MR) is 50.3 cm³/mol. The van der Waals surface area contributed by atoms with Gasteiger partial charge in [0.1, 0.15) is 5.75 Å². The van der Waals surface area contributed by atoms with E-state index in [1.165, 1.54) is 0 Å². The van der Waals surface area contributed by atoms with Crippen LogP contribution in [0.2, 0.25) is 0 Å². The van der Waals surface area contributed by atoms with E-state index in [9.17, 15) is 5.11 Å². The van der Waals surface area contributed by atoms with Gasteiger partial charge in [0.2, 0.25) is 0 Å². The van der Waals surface area contributed by atoms with Crippen LogP contribution in [0.15, 0.2) is 36.7 Å². The molecule has 2 rings (SSSR count). The first kappa shape index (κ1) is 7.86. The van der Waals surface area contributed by atoms with Gasteiger partial charge in [-0.25, -0.2) is 0 Å². The maximum atomic E-state index is 9.25. The van der Waals surface area contributed by atoms with Crippen molar-refractivity contribution >= 4 is 0 Å². The van der Waals surface area contributed by atoms with Gasteiger partial charge >= 0.3 is 0 Å². The Morgan fingerprint density at radius 1 is 1.31 bits per heavy atom. The smallest absolute Gasteiger partial charge is 0.116 e. The molecule has 2 aromatic rings. The zero-order valence-corrected chi connectivity index (χ0v) is 7.31. The lowest BCUT2D eigenvalue weighted by molar-refractivity contribution is 0.475. The van der Waals surface area contributed by atoms with Gasteiger partial charge in [-0.3, -0.25) is 4.68 Å². The predicted octanol–water partition coefficient (Wildman–Crippen LogP) is 1.79. The Morgan fingerprint density at radius 3 is 2.77 bits per heavy atom. The zero-order chi connectivity index (χ0) is 9.26. The molecule has 13 heavy (non-hydrogen) atoms. The van der Waals surface area contributed by atoms with Crippen molar-refractivity contribution in [3.05, 3.63) is 36.7 Å². The van der Waals surface area contributed by atoms with E-state index in [2.05, 4.69) is 5.10 Å². The van der Waals surface area contributed by atoms with Crippen molar-refractivity contribution in [2.75, 3.05) is 0 Å². The lowest BCUT2D eigenvalue weighted by Gasteiger charge is -1.96. The van der Waals surface area contributed by atoms with Crippen LogP contribution in [0.3, 0.4) is 0 Å². The molecular weight excluding hydrogens is 164 g/mol. The van der Waals surface area contributed by atoms with E-state index in [0.717, 1.165) is 11.1 Å². The molecule has 0 saturated carbocycles. The average molecular weight is 174 g/mol. The molecule has 1 N–H and O–H groups in total. The first-order chi connectivity index (χ1) is 6.25. The molecule has 0 aliphatic carbocycles. The third-order valence-electron chi connectivity index (χ3n) is 1.88. The van der Waals surface area contributed by atoms with Gasteiger partial charge in [0.15, 0.2) is 0 Å². The number of aromatic nitrogens is 2. The SMILES string of the molecule is Cn1cc(-c2cccc(O)c2)cn1. The average Bonchev–Trinajstić information content (AvgIpc) is 2.52. The summed E-state index contributed by atoms with van der Waals surface area (Å²) in [4.78, 5) is 0. The summed E-state index contributed by atoms with van der Waals surface area (Å²) in [7, 11) is 1.87. The van der Waals surface area contributed by atoms with Crippen LogP contribution >= 0.6 is 0 Å². The van der Waals surface area contributed by atoms with Gasteiger partial charge in [0, 0.05) is 18.8 Å². The van der Waals surface area contributed by atoms with E-state index < -0.39 is 0 Å². The minimum absolute atomic E-state index is 0.279. The number of phenols is 1. The number of phenolic OH excluding ortho intramolecular Hbond substituents is 1. The van der Waals surface area contributed by atoms with Crippen LogP contribution in [0.4, 0.5) is 0 Å². The molecule has 3 nitrogen and oxygen atoms in total. The van der Waals surface area contributed by atoms with E-state index >= 15 is 0 Å². The van der Waals surface area contributed by atoms with Crippen LogP contribution in [0.5, 0.6) is 5.75 Å². The third kappa shape index (κ3) is 1.54. The number of hydrogen-bond donors (Lipinski definition) is 1. The van der Waals surface area contributed by atoms with Gasteiger partial charge in [-0.2, -0.15) is 5.10 Å². The van der Waals surface area contributed by atoms with Gasteiger partial charge < -0.3 is 5.11 Å². The highest BCUT2D eigenvalue weighted by Crippen LogP contribution is 2.21. The van der Waals surface area contributed by atoms with Crippen LogP contribution in [0.25, 0.3) is 11.1 Å². The number of nitrogens with zero attached hydrogens (tertiary/aromatic N) is 2.